The third kappa shape index (κ3) is 0.957. The topological polar surface area (TPSA) is 99.3 Å². The average Bonchev–Trinajstić information content (AvgIpc) is 2.99. The molecule has 0 amide bonds. The summed E-state index contributed by atoms with van der Waals surface area (Å²) >= 11 is 0. The van der Waals surface area contributed by atoms with Gasteiger partial charge < -0.3 is 15.2 Å². The van der Waals surface area contributed by atoms with E-state index in [2.05, 4.69) is 19.9 Å². The highest BCUT2D eigenvalue weighted by atomic mass is 16.3. The number of nitrogens with one attached hydrogen (secondary N) is 1. The van der Waals surface area contributed by atoms with E-state index >= 15 is 0 Å². The van der Waals surface area contributed by atoms with Crippen molar-refractivity contribution in [3.8, 4) is 11.5 Å². The van der Waals surface area contributed by atoms with Crippen LogP contribution in [0.4, 0.5) is 0 Å². The Morgan fingerprint density at radius 3 is 2.95 bits per heavy atom. The number of phenols is 2. The Morgan fingerprint density at radius 2 is 2.05 bits per heavy atom. The summed E-state index contributed by atoms with van der Waals surface area (Å²) in [6.45, 7) is 0. The monoisotopic (exact) mass is 265 g/mol. The van der Waals surface area contributed by atoms with Crippen LogP contribution in [0.1, 0.15) is 0 Å². The predicted octanol–water partition coefficient (Wildman–Crippen LogP) is 1.76. The molecule has 0 fully saturated rings. The molecule has 4 aromatic heterocycles. The molecule has 0 unspecified atom stereocenters. The maximum atomic E-state index is 10.5. The highest BCUT2D eigenvalue weighted by Gasteiger charge is 2.16. The van der Waals surface area contributed by atoms with Gasteiger partial charge in [0.05, 0.1) is 11.0 Å². The third-order valence-electron chi connectivity index (χ3n) is 3.61. The molecule has 7 nitrogen and oxygen atoms in total. The van der Waals surface area contributed by atoms with Crippen molar-refractivity contribution < 1.29 is 10.2 Å². The number of aromatic hydroxyl groups is 2. The molecule has 0 aliphatic carbocycles. The number of imidazole rings is 2. The Balaban J connectivity index is 2.34. The van der Waals surface area contributed by atoms with Gasteiger partial charge in [-0.25, -0.2) is 15.0 Å². The molecule has 5 bridgehead atoms. The summed E-state index contributed by atoms with van der Waals surface area (Å²) in [5.41, 5.74) is 3.45. The van der Waals surface area contributed by atoms with Gasteiger partial charge in [0, 0.05) is 0 Å². The van der Waals surface area contributed by atoms with Gasteiger partial charge >= 0.3 is 0 Å². The molecule has 96 valence electrons. The van der Waals surface area contributed by atoms with Gasteiger partial charge in [0.15, 0.2) is 17.0 Å². The zero-order valence-corrected chi connectivity index (χ0v) is 9.99. The molecular formula is C13H7N5O2. The molecule has 0 radical (unpaired) electrons. The van der Waals surface area contributed by atoms with Gasteiger partial charge in [-0.3, -0.25) is 4.40 Å². The smallest absolute Gasteiger partial charge is 0.180 e. The van der Waals surface area contributed by atoms with E-state index in [1.807, 2.05) is 6.07 Å². The molecule has 0 aliphatic heterocycles. The number of benzene rings is 1. The first-order valence-electron chi connectivity index (χ1n) is 6.02. The fraction of sp³-hybridized carbons (Fsp3) is 0. The lowest BCUT2D eigenvalue weighted by molar-refractivity contribution is 0.464. The Bertz CT molecular complexity index is 1120. The van der Waals surface area contributed by atoms with E-state index in [9.17, 15) is 10.2 Å². The lowest BCUT2D eigenvalue weighted by Crippen LogP contribution is -1.87. The van der Waals surface area contributed by atoms with Gasteiger partial charge in [-0.1, -0.05) is 0 Å². The van der Waals surface area contributed by atoms with Crippen molar-refractivity contribution in [3.63, 3.8) is 0 Å². The lowest BCUT2D eigenvalue weighted by atomic mass is 10.2. The van der Waals surface area contributed by atoms with E-state index in [1.165, 1.54) is 6.07 Å². The van der Waals surface area contributed by atoms with Crippen LogP contribution in [0, 0.1) is 0 Å². The van der Waals surface area contributed by atoms with Crippen LogP contribution < -0.4 is 0 Å². The lowest BCUT2D eigenvalue weighted by Gasteiger charge is -2.03. The minimum absolute atomic E-state index is 0.0394. The molecule has 5 rings (SSSR count). The number of phenolic OH excluding ortho intramolecular Hbond substituents is 2. The first-order chi connectivity index (χ1) is 9.72. The summed E-state index contributed by atoms with van der Waals surface area (Å²) < 4.78 is 1.69. The van der Waals surface area contributed by atoms with Crippen LogP contribution >= 0.6 is 0 Å². The summed E-state index contributed by atoms with van der Waals surface area (Å²) in [5, 5.41) is 20.7. The number of aromatic nitrogens is 5. The summed E-state index contributed by atoms with van der Waals surface area (Å²) in [4.78, 5) is 16.1. The first kappa shape index (κ1) is 9.79. The number of aromatic amines is 1. The number of rotatable bonds is 0. The second-order valence-electron chi connectivity index (χ2n) is 4.73. The predicted molar refractivity (Wildman–Crippen MR) is 72.2 cm³/mol. The second kappa shape index (κ2) is 2.90. The summed E-state index contributed by atoms with van der Waals surface area (Å²) in [7, 11) is 0. The zero-order chi connectivity index (χ0) is 13.4. The van der Waals surface area contributed by atoms with Crippen molar-refractivity contribution in [1.82, 2.24) is 24.3 Å². The molecule has 20 heavy (non-hydrogen) atoms. The van der Waals surface area contributed by atoms with Gasteiger partial charge in [-0.2, -0.15) is 0 Å². The first-order valence-corrected chi connectivity index (χ1v) is 6.02. The molecule has 4 heterocycles. The van der Waals surface area contributed by atoms with Gasteiger partial charge in [0.1, 0.15) is 28.6 Å². The highest BCUT2D eigenvalue weighted by Crippen LogP contribution is 2.36. The molecule has 0 aliphatic rings. The number of nitrogens with zero attached hydrogens (tertiary/aromatic N) is 4. The quantitative estimate of drug-likeness (QED) is 0.396. The van der Waals surface area contributed by atoms with Crippen molar-refractivity contribution in [2.75, 3.05) is 0 Å². The zero-order valence-electron chi connectivity index (χ0n) is 9.99. The Kier molecular flexibility index (Phi) is 1.42. The van der Waals surface area contributed by atoms with Gasteiger partial charge in [0.2, 0.25) is 0 Å². The minimum Gasteiger partial charge on any atom is -0.507 e. The van der Waals surface area contributed by atoms with Crippen LogP contribution in [0.3, 0.4) is 0 Å². The molecule has 0 atom stereocenters. The van der Waals surface area contributed by atoms with E-state index in [4.69, 9.17) is 0 Å². The number of H-pyrrole nitrogens is 1. The second-order valence-corrected chi connectivity index (χ2v) is 4.73. The maximum absolute atomic E-state index is 10.5. The van der Waals surface area contributed by atoms with Crippen LogP contribution in [0.2, 0.25) is 0 Å². The Hall–Kier alpha value is -3.09. The Labute approximate surface area is 110 Å². The normalized spacial score (nSPS) is 12.4. The van der Waals surface area contributed by atoms with Gasteiger partial charge in [-0.15, -0.1) is 0 Å². The average molecular weight is 265 g/mol. The molecule has 3 N–H and O–H groups in total. The van der Waals surface area contributed by atoms with E-state index in [1.54, 1.807) is 16.8 Å². The van der Waals surface area contributed by atoms with Gasteiger partial charge in [-0.05, 0) is 18.2 Å². The molecule has 7 heteroatoms. The number of hydrogen-bond donors (Lipinski definition) is 3. The number of fused-ring (bicyclic) bond motifs is 5. The van der Waals surface area contributed by atoms with Crippen LogP contribution in [0.25, 0.3) is 38.9 Å². The van der Waals surface area contributed by atoms with Crippen molar-refractivity contribution >= 4 is 38.9 Å². The van der Waals surface area contributed by atoms with Crippen molar-refractivity contribution in [2.45, 2.75) is 0 Å². The van der Waals surface area contributed by atoms with E-state index in [-0.39, 0.29) is 16.9 Å². The largest absolute Gasteiger partial charge is 0.507 e. The third-order valence-corrected chi connectivity index (χ3v) is 3.61. The summed E-state index contributed by atoms with van der Waals surface area (Å²) in [6.07, 6.45) is 1.59. The maximum Gasteiger partial charge on any atom is 0.180 e. The van der Waals surface area contributed by atoms with Crippen LogP contribution in [0.5, 0.6) is 11.5 Å². The van der Waals surface area contributed by atoms with Crippen molar-refractivity contribution in [3.05, 3.63) is 24.5 Å². The van der Waals surface area contributed by atoms with Crippen molar-refractivity contribution in [2.24, 2.45) is 0 Å². The molecule has 0 spiro atoms. The molecule has 0 saturated heterocycles. The van der Waals surface area contributed by atoms with Crippen LogP contribution in [-0.2, 0) is 0 Å². The summed E-state index contributed by atoms with van der Waals surface area (Å²) in [5.74, 6) is -0.0940. The number of pyridine rings is 1. The fourth-order valence-electron chi connectivity index (χ4n) is 2.66. The SMILES string of the molecule is Oc1ccc2c(O)c1c1nc3nc4c(cc3[nH]1)ncn24. The van der Waals surface area contributed by atoms with Crippen LogP contribution in [0.15, 0.2) is 24.5 Å². The van der Waals surface area contributed by atoms with E-state index in [0.29, 0.717) is 33.5 Å². The molecule has 0 saturated carbocycles. The molecule has 5 aromatic rings. The highest BCUT2D eigenvalue weighted by molar-refractivity contribution is 5.99. The standard InChI is InChI=1S/C13H7N5O2/c19-8-2-1-7-10(20)9(8)12-15-5-3-6-13(17-11(5)16-12)18(7)4-14-6/h1-4,19-20H,(H,15,16,17). The van der Waals surface area contributed by atoms with E-state index in [0.717, 1.165) is 0 Å². The number of hydrogen-bond acceptors (Lipinski definition) is 5. The summed E-state index contributed by atoms with van der Waals surface area (Å²) in [6, 6.07) is 4.99. The van der Waals surface area contributed by atoms with Gasteiger partial charge in [0.25, 0.3) is 0 Å². The molecule has 1 aromatic carbocycles. The molecular weight excluding hydrogens is 258 g/mol. The Morgan fingerprint density at radius 1 is 1.15 bits per heavy atom. The van der Waals surface area contributed by atoms with Crippen LogP contribution in [-0.4, -0.2) is 34.5 Å². The van der Waals surface area contributed by atoms with Crippen molar-refractivity contribution in [1.29, 1.82) is 0 Å². The van der Waals surface area contributed by atoms with E-state index < -0.39 is 0 Å². The fourth-order valence-corrected chi connectivity index (χ4v) is 2.66. The minimum atomic E-state index is -0.0546.